The molecule has 1 saturated heterocycles. The Labute approximate surface area is 240 Å². The van der Waals surface area contributed by atoms with Crippen LogP contribution in [-0.4, -0.2) is 70.7 Å². The van der Waals surface area contributed by atoms with Gasteiger partial charge in [-0.2, -0.15) is 10.1 Å². The summed E-state index contributed by atoms with van der Waals surface area (Å²) in [4.78, 5) is 11.2. The Morgan fingerprint density at radius 3 is 2.35 bits per heavy atom. The van der Waals surface area contributed by atoms with Crippen molar-refractivity contribution in [2.24, 2.45) is 7.05 Å². The Morgan fingerprint density at radius 2 is 1.68 bits per heavy atom. The molecular formula is C27H36ClN7O4S. The zero-order valence-corrected chi connectivity index (χ0v) is 25.0. The average Bonchev–Trinajstić information content (AvgIpc) is 3.64. The van der Waals surface area contributed by atoms with Gasteiger partial charge in [-0.1, -0.05) is 11.6 Å². The second-order valence-corrected chi connectivity index (χ2v) is 13.6. The molecule has 0 radical (unpaired) electrons. The van der Waals surface area contributed by atoms with E-state index in [4.69, 9.17) is 21.1 Å². The number of anilines is 4. The van der Waals surface area contributed by atoms with Gasteiger partial charge in [0.25, 0.3) is 0 Å². The van der Waals surface area contributed by atoms with Crippen LogP contribution in [0.1, 0.15) is 45.1 Å². The number of hydrogen-bond donors (Lipinski definition) is 2. The van der Waals surface area contributed by atoms with E-state index in [0.717, 1.165) is 50.1 Å². The molecular weight excluding hydrogens is 554 g/mol. The third-order valence-corrected chi connectivity index (χ3v) is 9.34. The monoisotopic (exact) mass is 589 g/mol. The highest BCUT2D eigenvalue weighted by Crippen LogP contribution is 2.39. The summed E-state index contributed by atoms with van der Waals surface area (Å²) in [5.41, 5.74) is 1.96. The topological polar surface area (TPSA) is 124 Å². The zero-order chi connectivity index (χ0) is 28.6. The maximum absolute atomic E-state index is 12.9. The molecule has 1 aliphatic carbocycles. The van der Waals surface area contributed by atoms with Crippen molar-refractivity contribution < 1.29 is 17.9 Å². The summed E-state index contributed by atoms with van der Waals surface area (Å²) >= 11 is 6.40. The van der Waals surface area contributed by atoms with Crippen molar-refractivity contribution in [3.8, 4) is 11.5 Å². The fourth-order valence-electron chi connectivity index (χ4n) is 4.39. The van der Waals surface area contributed by atoms with Crippen molar-refractivity contribution in [1.82, 2.24) is 24.6 Å². The number of piperidine rings is 1. The highest BCUT2D eigenvalue weighted by molar-refractivity contribution is 7.92. The van der Waals surface area contributed by atoms with E-state index >= 15 is 0 Å². The molecule has 1 aliphatic heterocycles. The molecule has 216 valence electrons. The van der Waals surface area contributed by atoms with Crippen LogP contribution in [0.15, 0.2) is 29.6 Å². The van der Waals surface area contributed by atoms with Crippen LogP contribution >= 0.6 is 11.6 Å². The second-order valence-electron chi connectivity index (χ2n) is 10.8. The lowest BCUT2D eigenvalue weighted by molar-refractivity contribution is 0.113. The third-order valence-electron chi connectivity index (χ3n) is 6.98. The number of ether oxygens (including phenoxy) is 2. The second kappa shape index (κ2) is 11.4. The van der Waals surface area contributed by atoms with Gasteiger partial charge in [-0.05, 0) is 65.1 Å². The number of sulfone groups is 1. The van der Waals surface area contributed by atoms with E-state index in [0.29, 0.717) is 11.4 Å². The van der Waals surface area contributed by atoms with Crippen LogP contribution in [0.3, 0.4) is 0 Å². The molecule has 0 bridgehead atoms. The van der Waals surface area contributed by atoms with E-state index in [1.807, 2.05) is 19.1 Å². The SMILES string of the molecule is Cc1cc(Nc2ncc(Cl)c(Nc3cn(C)nc3S(=O)(=O)C(C)C)n2)c(OC2CC2)cc1OC1CCN(C)CC1. The van der Waals surface area contributed by atoms with Crippen LogP contribution in [0.5, 0.6) is 11.5 Å². The summed E-state index contributed by atoms with van der Waals surface area (Å²) in [6.07, 6.45) is 7.38. The van der Waals surface area contributed by atoms with Gasteiger partial charge in [0.2, 0.25) is 20.8 Å². The zero-order valence-electron chi connectivity index (χ0n) is 23.4. The van der Waals surface area contributed by atoms with Crippen molar-refractivity contribution in [2.45, 2.75) is 68.9 Å². The summed E-state index contributed by atoms with van der Waals surface area (Å²) in [6, 6.07) is 3.92. The predicted molar refractivity (Wildman–Crippen MR) is 155 cm³/mol. The van der Waals surface area contributed by atoms with Crippen LogP contribution in [-0.2, 0) is 16.9 Å². The van der Waals surface area contributed by atoms with E-state index < -0.39 is 15.1 Å². The summed E-state index contributed by atoms with van der Waals surface area (Å²) in [7, 11) is 0.148. The van der Waals surface area contributed by atoms with Crippen LogP contribution in [0.4, 0.5) is 23.1 Å². The van der Waals surface area contributed by atoms with Gasteiger partial charge in [0, 0.05) is 32.4 Å². The van der Waals surface area contributed by atoms with Crippen molar-refractivity contribution in [2.75, 3.05) is 30.8 Å². The van der Waals surface area contributed by atoms with Gasteiger partial charge in [0.05, 0.1) is 28.9 Å². The number of rotatable bonds is 10. The van der Waals surface area contributed by atoms with Crippen LogP contribution in [0.25, 0.3) is 0 Å². The largest absolute Gasteiger partial charge is 0.490 e. The number of halogens is 1. The number of aromatic nitrogens is 4. The first-order valence-electron chi connectivity index (χ1n) is 13.5. The number of aryl methyl sites for hydroxylation is 2. The lowest BCUT2D eigenvalue weighted by atomic mass is 10.1. The Balaban J connectivity index is 1.40. The van der Waals surface area contributed by atoms with E-state index in [1.54, 1.807) is 27.1 Å². The molecule has 5 rings (SSSR count). The smallest absolute Gasteiger partial charge is 0.229 e. The Bertz CT molecular complexity index is 1480. The highest BCUT2D eigenvalue weighted by Gasteiger charge is 2.28. The number of nitrogens with one attached hydrogen (secondary N) is 2. The summed E-state index contributed by atoms with van der Waals surface area (Å²) in [6.45, 7) is 7.26. The van der Waals surface area contributed by atoms with Gasteiger partial charge in [0.15, 0.2) is 5.82 Å². The minimum atomic E-state index is -3.64. The molecule has 2 N–H and O–H groups in total. The molecule has 13 heteroatoms. The molecule has 0 atom stereocenters. The maximum atomic E-state index is 12.9. The molecule has 3 heterocycles. The molecule has 2 fully saturated rings. The summed E-state index contributed by atoms with van der Waals surface area (Å²) in [5.74, 6) is 2.00. The maximum Gasteiger partial charge on any atom is 0.229 e. The molecule has 40 heavy (non-hydrogen) atoms. The Morgan fingerprint density at radius 1 is 1.00 bits per heavy atom. The molecule has 1 saturated carbocycles. The first-order valence-corrected chi connectivity index (χ1v) is 15.4. The van der Waals surface area contributed by atoms with Crippen molar-refractivity contribution >= 4 is 44.6 Å². The summed E-state index contributed by atoms with van der Waals surface area (Å²) < 4.78 is 39.8. The average molecular weight is 590 g/mol. The minimum Gasteiger partial charge on any atom is -0.490 e. The van der Waals surface area contributed by atoms with Crippen LogP contribution in [0.2, 0.25) is 5.02 Å². The normalized spacial score (nSPS) is 16.8. The van der Waals surface area contributed by atoms with Gasteiger partial charge in [-0.25, -0.2) is 13.4 Å². The molecule has 0 spiro atoms. The van der Waals surface area contributed by atoms with Gasteiger partial charge in [0.1, 0.15) is 22.6 Å². The van der Waals surface area contributed by atoms with Gasteiger partial charge >= 0.3 is 0 Å². The van der Waals surface area contributed by atoms with E-state index in [1.165, 1.54) is 10.9 Å². The van der Waals surface area contributed by atoms with E-state index in [2.05, 4.69) is 37.6 Å². The quantitative estimate of drug-likeness (QED) is 0.339. The number of hydrogen-bond acceptors (Lipinski definition) is 10. The molecule has 2 aliphatic rings. The fraction of sp³-hybridized carbons (Fsp3) is 0.519. The fourth-order valence-corrected chi connectivity index (χ4v) is 5.63. The first-order chi connectivity index (χ1) is 19.0. The standard InChI is InChI=1S/C27H36ClN7O4S/c1-16(2)40(36,37)26-22(15-35(5)33-26)30-25-20(28)14-29-27(32-25)31-21-12-17(3)23(13-24(21)39-18-6-7-18)38-19-8-10-34(4)11-9-19/h12-16,18-19H,6-11H2,1-5H3,(H2,29,30,31,32). The third kappa shape index (κ3) is 6.45. The van der Waals surface area contributed by atoms with Gasteiger partial charge < -0.3 is 25.0 Å². The summed E-state index contributed by atoms with van der Waals surface area (Å²) in [5, 5.41) is 9.98. The van der Waals surface area contributed by atoms with Crippen molar-refractivity contribution in [3.63, 3.8) is 0 Å². The predicted octanol–water partition coefficient (Wildman–Crippen LogP) is 4.86. The lowest BCUT2D eigenvalue weighted by Gasteiger charge is -2.30. The van der Waals surface area contributed by atoms with Crippen LogP contribution in [0, 0.1) is 6.92 Å². The molecule has 2 aromatic heterocycles. The molecule has 1 aromatic carbocycles. The van der Waals surface area contributed by atoms with Gasteiger partial charge in [-0.3, -0.25) is 4.68 Å². The van der Waals surface area contributed by atoms with Crippen molar-refractivity contribution in [3.05, 3.63) is 35.1 Å². The Kier molecular flexibility index (Phi) is 8.12. The minimum absolute atomic E-state index is 0.0647. The highest BCUT2D eigenvalue weighted by atomic mass is 35.5. The number of benzene rings is 1. The van der Waals surface area contributed by atoms with Gasteiger partial charge in [-0.15, -0.1) is 0 Å². The lowest BCUT2D eigenvalue weighted by Crippen LogP contribution is -2.35. The molecule has 3 aromatic rings. The Hall–Kier alpha value is -3.09. The number of likely N-dealkylation sites (tertiary alicyclic amines) is 1. The van der Waals surface area contributed by atoms with Crippen molar-refractivity contribution in [1.29, 1.82) is 0 Å². The van der Waals surface area contributed by atoms with E-state index in [9.17, 15) is 8.42 Å². The molecule has 0 amide bonds. The first kappa shape index (κ1) is 28.4. The number of nitrogens with zero attached hydrogens (tertiary/aromatic N) is 5. The van der Waals surface area contributed by atoms with E-state index in [-0.39, 0.29) is 39.7 Å². The molecule has 0 unspecified atom stereocenters. The molecule has 11 nitrogen and oxygen atoms in total. The van der Waals surface area contributed by atoms with Crippen LogP contribution < -0.4 is 20.1 Å².